The molecule has 0 heterocycles. The van der Waals surface area contributed by atoms with E-state index in [4.69, 9.17) is 14.3 Å². The second kappa shape index (κ2) is 14.1. The molecule has 0 aliphatic rings. The van der Waals surface area contributed by atoms with Crippen LogP contribution in [0, 0.1) is 13.8 Å². The van der Waals surface area contributed by atoms with E-state index in [9.17, 15) is 0 Å². The van der Waals surface area contributed by atoms with Crippen LogP contribution in [0.4, 0.5) is 0 Å². The largest absolute Gasteiger partial charge is 0.493 e. The molecule has 1 rings (SSSR count). The van der Waals surface area contributed by atoms with E-state index in [1.165, 1.54) is 0 Å². The summed E-state index contributed by atoms with van der Waals surface area (Å²) >= 11 is 0. The number of aryl methyl sites for hydroxylation is 2. The zero-order chi connectivity index (χ0) is 20.8. The maximum absolute atomic E-state index is 6.06. The minimum absolute atomic E-state index is 0.598. The van der Waals surface area contributed by atoms with Crippen LogP contribution in [-0.2, 0) is 4.84 Å². The molecule has 0 atom stereocenters. The summed E-state index contributed by atoms with van der Waals surface area (Å²) < 4.78 is 11.8. The molecule has 158 valence electrons. The summed E-state index contributed by atoms with van der Waals surface area (Å²) in [7, 11) is 1.59. The van der Waals surface area contributed by atoms with E-state index >= 15 is 0 Å². The number of hydrogen-bond acceptors (Lipinski definition) is 5. The average molecular weight is 391 g/mol. The van der Waals surface area contributed by atoms with Gasteiger partial charge >= 0.3 is 0 Å². The highest BCUT2D eigenvalue weighted by atomic mass is 16.6. The topological polar surface area (TPSA) is 43.3 Å². The van der Waals surface area contributed by atoms with Crippen LogP contribution >= 0.6 is 0 Å². The van der Waals surface area contributed by atoms with E-state index in [2.05, 4.69) is 43.0 Å². The number of hydrogen-bond donors (Lipinski definition) is 0. The Kier molecular flexibility index (Phi) is 12.1. The molecule has 0 unspecified atom stereocenters. The van der Waals surface area contributed by atoms with Crippen molar-refractivity contribution in [1.82, 2.24) is 4.90 Å². The first-order valence-electron chi connectivity index (χ1n) is 10.3. The second-order valence-electron chi connectivity index (χ2n) is 7.05. The molecule has 0 radical (unpaired) electrons. The average Bonchev–Trinajstić information content (AvgIpc) is 2.65. The Bertz CT molecular complexity index is 603. The normalized spacial score (nSPS) is 12.0. The summed E-state index contributed by atoms with van der Waals surface area (Å²) in [4.78, 5) is 7.22. The Balaban J connectivity index is 2.34. The van der Waals surface area contributed by atoms with Gasteiger partial charge in [0.15, 0.2) is 0 Å². The third-order valence-electron chi connectivity index (χ3n) is 4.53. The van der Waals surface area contributed by atoms with Gasteiger partial charge in [0, 0.05) is 6.54 Å². The predicted molar refractivity (Wildman–Crippen MR) is 118 cm³/mol. The van der Waals surface area contributed by atoms with Crippen LogP contribution < -0.4 is 9.47 Å². The lowest BCUT2D eigenvalue weighted by molar-refractivity contribution is 0.209. The summed E-state index contributed by atoms with van der Waals surface area (Å²) in [6.45, 7) is 14.6. The Hall–Kier alpha value is -2.01. The van der Waals surface area contributed by atoms with Crippen molar-refractivity contribution in [3.8, 4) is 11.5 Å². The molecule has 0 aliphatic carbocycles. The van der Waals surface area contributed by atoms with Crippen molar-refractivity contribution in [2.24, 2.45) is 5.16 Å². The smallest absolute Gasteiger partial charge is 0.125 e. The fourth-order valence-electron chi connectivity index (χ4n) is 3.11. The van der Waals surface area contributed by atoms with E-state index in [0.29, 0.717) is 6.61 Å². The quantitative estimate of drug-likeness (QED) is 0.191. The predicted octanol–water partition coefficient (Wildman–Crippen LogP) is 5.15. The Morgan fingerprint density at radius 3 is 2.43 bits per heavy atom. The van der Waals surface area contributed by atoms with Gasteiger partial charge in [0.05, 0.1) is 12.3 Å². The molecule has 0 spiro atoms. The van der Waals surface area contributed by atoms with Crippen LogP contribution in [0.3, 0.4) is 0 Å². The van der Waals surface area contributed by atoms with E-state index < -0.39 is 0 Å². The minimum Gasteiger partial charge on any atom is -0.493 e. The van der Waals surface area contributed by atoms with E-state index in [0.717, 1.165) is 73.8 Å². The maximum atomic E-state index is 6.06. The second-order valence-corrected chi connectivity index (χ2v) is 7.05. The first-order chi connectivity index (χ1) is 13.5. The summed E-state index contributed by atoms with van der Waals surface area (Å²) in [6.07, 6.45) is 7.36. The van der Waals surface area contributed by atoms with Crippen LogP contribution in [-0.4, -0.2) is 50.6 Å². The van der Waals surface area contributed by atoms with Crippen molar-refractivity contribution < 1.29 is 14.3 Å². The Morgan fingerprint density at radius 1 is 1.11 bits per heavy atom. The Labute approximate surface area is 171 Å². The van der Waals surface area contributed by atoms with Gasteiger partial charge in [0.25, 0.3) is 0 Å². The highest BCUT2D eigenvalue weighted by molar-refractivity contribution is 5.83. The molecule has 0 aliphatic heterocycles. The lowest BCUT2D eigenvalue weighted by Gasteiger charge is -2.19. The summed E-state index contributed by atoms with van der Waals surface area (Å²) in [5, 5.41) is 3.99. The molecule has 1 aromatic carbocycles. The van der Waals surface area contributed by atoms with Crippen LogP contribution in [0.1, 0.15) is 51.2 Å². The zero-order valence-corrected chi connectivity index (χ0v) is 18.6. The molecule has 0 N–H and O–H groups in total. The van der Waals surface area contributed by atoms with E-state index in [1.807, 2.05) is 26.0 Å². The van der Waals surface area contributed by atoms with Crippen LogP contribution in [0.2, 0.25) is 0 Å². The van der Waals surface area contributed by atoms with Gasteiger partial charge in [-0.2, -0.15) is 0 Å². The number of allylic oxidation sites excluding steroid dienone is 1. The van der Waals surface area contributed by atoms with Crippen molar-refractivity contribution >= 4 is 5.71 Å². The van der Waals surface area contributed by atoms with Gasteiger partial charge in [0.2, 0.25) is 0 Å². The van der Waals surface area contributed by atoms with Gasteiger partial charge in [-0.25, -0.2) is 0 Å². The lowest BCUT2D eigenvalue weighted by atomic mass is 10.1. The summed E-state index contributed by atoms with van der Waals surface area (Å²) in [6, 6.07) is 4.10. The molecule has 0 saturated carbocycles. The number of nitrogens with zero attached hydrogens (tertiary/aromatic N) is 2. The number of oxime groups is 1. The van der Waals surface area contributed by atoms with Gasteiger partial charge in [0.1, 0.15) is 25.2 Å². The molecule has 5 heteroatoms. The molecule has 1 aromatic rings. The van der Waals surface area contributed by atoms with Crippen molar-refractivity contribution in [3.05, 3.63) is 35.4 Å². The van der Waals surface area contributed by atoms with Gasteiger partial charge in [-0.3, -0.25) is 4.90 Å². The monoisotopic (exact) mass is 390 g/mol. The van der Waals surface area contributed by atoms with Crippen LogP contribution in [0.15, 0.2) is 29.4 Å². The number of ether oxygens (including phenoxy) is 2. The molecule has 28 heavy (non-hydrogen) atoms. The molecule has 0 bridgehead atoms. The van der Waals surface area contributed by atoms with Crippen molar-refractivity contribution in [2.45, 2.75) is 53.9 Å². The fourth-order valence-corrected chi connectivity index (χ4v) is 3.11. The fraction of sp³-hybridized carbons (Fsp3) is 0.609. The SMILES string of the molecule is C/C=C/COc1cc(C)c(OCCCCCN(CC)CC(C)=NOC)c(C)c1. The van der Waals surface area contributed by atoms with Gasteiger partial charge in [-0.05, 0) is 83.3 Å². The standard InChI is InChI=1S/C23H38N2O3/c1-7-9-14-27-22-16-19(3)23(20(4)17-22)28-15-12-10-11-13-25(8-2)18-21(5)24-26-6/h7,9,16-17H,8,10-15,18H2,1-6H3/b9-7+,24-21?. The third-order valence-corrected chi connectivity index (χ3v) is 4.53. The van der Waals surface area contributed by atoms with Gasteiger partial charge in [-0.1, -0.05) is 24.2 Å². The summed E-state index contributed by atoms with van der Waals surface area (Å²) in [5.74, 6) is 1.88. The maximum Gasteiger partial charge on any atom is 0.125 e. The lowest BCUT2D eigenvalue weighted by Crippen LogP contribution is -2.29. The number of benzene rings is 1. The molecular weight excluding hydrogens is 352 g/mol. The first-order valence-corrected chi connectivity index (χ1v) is 10.3. The van der Waals surface area contributed by atoms with E-state index in [1.54, 1.807) is 7.11 Å². The highest BCUT2D eigenvalue weighted by Crippen LogP contribution is 2.28. The number of unbranched alkanes of at least 4 members (excludes halogenated alkanes) is 2. The highest BCUT2D eigenvalue weighted by Gasteiger charge is 2.08. The van der Waals surface area contributed by atoms with Gasteiger partial charge in [-0.15, -0.1) is 0 Å². The molecule has 5 nitrogen and oxygen atoms in total. The molecule has 0 aromatic heterocycles. The third kappa shape index (κ3) is 9.27. The molecule has 0 amide bonds. The van der Waals surface area contributed by atoms with Gasteiger partial charge < -0.3 is 14.3 Å². The van der Waals surface area contributed by atoms with Crippen molar-refractivity contribution in [3.63, 3.8) is 0 Å². The zero-order valence-electron chi connectivity index (χ0n) is 18.6. The van der Waals surface area contributed by atoms with Crippen LogP contribution in [0.25, 0.3) is 0 Å². The minimum atomic E-state index is 0.598. The summed E-state index contributed by atoms with van der Waals surface area (Å²) in [5.41, 5.74) is 3.26. The molecule has 0 fully saturated rings. The van der Waals surface area contributed by atoms with Crippen molar-refractivity contribution in [1.29, 1.82) is 0 Å². The van der Waals surface area contributed by atoms with E-state index in [-0.39, 0.29) is 0 Å². The van der Waals surface area contributed by atoms with Crippen LogP contribution in [0.5, 0.6) is 11.5 Å². The molecular formula is C23H38N2O3. The number of rotatable bonds is 14. The first kappa shape index (κ1) is 24.0. The van der Waals surface area contributed by atoms with Crippen molar-refractivity contribution in [2.75, 3.05) is 40.0 Å². The Morgan fingerprint density at radius 2 is 1.82 bits per heavy atom. The molecule has 0 saturated heterocycles.